The highest BCUT2D eigenvalue weighted by Gasteiger charge is 2.57. The molecule has 35 heavy (non-hydrogen) atoms. The van der Waals surface area contributed by atoms with Crippen molar-refractivity contribution < 1.29 is 0 Å². The third-order valence-electron chi connectivity index (χ3n) is 8.59. The molecule has 2 aliphatic rings. The summed E-state index contributed by atoms with van der Waals surface area (Å²) >= 11 is 0. The van der Waals surface area contributed by atoms with Crippen molar-refractivity contribution in [1.29, 1.82) is 0 Å². The Bertz CT molecular complexity index is 1150. The van der Waals surface area contributed by atoms with Gasteiger partial charge < -0.3 is 9.80 Å². The van der Waals surface area contributed by atoms with E-state index >= 15 is 0 Å². The lowest BCUT2D eigenvalue weighted by Crippen LogP contribution is -2.62. The number of rotatable bonds is 6. The first-order valence-electron chi connectivity index (χ1n) is 13.0. The van der Waals surface area contributed by atoms with Crippen LogP contribution in [-0.2, 0) is 0 Å². The Morgan fingerprint density at radius 1 is 0.543 bits per heavy atom. The van der Waals surface area contributed by atoms with Crippen molar-refractivity contribution in [3.05, 3.63) is 121 Å². The van der Waals surface area contributed by atoms with E-state index in [-0.39, 0.29) is 0 Å². The van der Waals surface area contributed by atoms with Crippen molar-refractivity contribution in [1.82, 2.24) is 0 Å². The number of hydrogen-bond donors (Lipinski definition) is 0. The van der Waals surface area contributed by atoms with E-state index in [9.17, 15) is 0 Å². The highest BCUT2D eigenvalue weighted by Crippen LogP contribution is 2.60. The summed E-state index contributed by atoms with van der Waals surface area (Å²) in [5.74, 6) is 0.732. The van der Waals surface area contributed by atoms with Crippen molar-refractivity contribution in [2.45, 2.75) is 44.7 Å². The molecule has 2 fully saturated rings. The summed E-state index contributed by atoms with van der Waals surface area (Å²) in [6.07, 6.45) is 4.95. The van der Waals surface area contributed by atoms with Gasteiger partial charge in [-0.3, -0.25) is 0 Å². The molecule has 0 aromatic heterocycles. The van der Waals surface area contributed by atoms with E-state index in [1.54, 1.807) is 0 Å². The number of benzene rings is 4. The van der Waals surface area contributed by atoms with Crippen LogP contribution in [0.4, 0.5) is 22.7 Å². The Morgan fingerprint density at radius 3 is 1.34 bits per heavy atom. The summed E-state index contributed by atoms with van der Waals surface area (Å²) in [6.45, 7) is 2.55. The van der Waals surface area contributed by atoms with Crippen LogP contribution in [0.1, 0.15) is 32.6 Å². The van der Waals surface area contributed by atoms with Crippen molar-refractivity contribution in [3.8, 4) is 0 Å². The molecule has 0 N–H and O–H groups in total. The average molecular weight is 459 g/mol. The summed E-state index contributed by atoms with van der Waals surface area (Å²) in [5.41, 5.74) is 5.54. The van der Waals surface area contributed by atoms with Crippen LogP contribution in [0.5, 0.6) is 0 Å². The zero-order chi connectivity index (χ0) is 23.7. The molecule has 2 saturated carbocycles. The quantitative estimate of drug-likeness (QED) is 0.285. The highest BCUT2D eigenvalue weighted by molar-refractivity contribution is 5.66. The summed E-state index contributed by atoms with van der Waals surface area (Å²) < 4.78 is 0. The highest BCUT2D eigenvalue weighted by atomic mass is 15.2. The van der Waals surface area contributed by atoms with Crippen LogP contribution in [0.25, 0.3) is 0 Å². The average Bonchev–Trinajstić information content (AvgIpc) is 2.92. The van der Waals surface area contributed by atoms with Gasteiger partial charge in [0.15, 0.2) is 0 Å². The van der Waals surface area contributed by atoms with Crippen LogP contribution in [0.2, 0.25) is 0 Å². The molecule has 0 radical (unpaired) electrons. The monoisotopic (exact) mass is 458 g/mol. The molecule has 4 unspecified atom stereocenters. The molecule has 2 heteroatoms. The summed E-state index contributed by atoms with van der Waals surface area (Å²) in [5, 5.41) is 0. The van der Waals surface area contributed by atoms with Crippen LogP contribution < -0.4 is 9.80 Å². The normalized spacial score (nSPS) is 25.2. The maximum atomic E-state index is 2.61. The predicted molar refractivity (Wildman–Crippen MR) is 148 cm³/mol. The minimum Gasteiger partial charge on any atom is -0.338 e. The van der Waals surface area contributed by atoms with Crippen LogP contribution in [-0.4, -0.2) is 12.1 Å². The molecular weight excluding hydrogens is 424 g/mol. The number of nitrogens with zero attached hydrogens (tertiary/aromatic N) is 2. The molecule has 6 rings (SSSR count). The van der Waals surface area contributed by atoms with Crippen molar-refractivity contribution in [2.75, 3.05) is 9.80 Å². The smallest absolute Gasteiger partial charge is 0.0413 e. The molecule has 2 nitrogen and oxygen atoms in total. The van der Waals surface area contributed by atoms with Crippen LogP contribution in [0.3, 0.4) is 0 Å². The fourth-order valence-electron chi connectivity index (χ4n) is 6.65. The van der Waals surface area contributed by atoms with Gasteiger partial charge >= 0.3 is 0 Å². The van der Waals surface area contributed by atoms with E-state index in [1.807, 2.05) is 0 Å². The molecule has 0 aliphatic heterocycles. The van der Waals surface area contributed by atoms with Gasteiger partial charge in [-0.25, -0.2) is 0 Å². The second-order valence-corrected chi connectivity index (χ2v) is 10.5. The van der Waals surface area contributed by atoms with Gasteiger partial charge in [0.2, 0.25) is 0 Å². The fourth-order valence-corrected chi connectivity index (χ4v) is 6.65. The lowest BCUT2D eigenvalue weighted by atomic mass is 9.50. The van der Waals surface area contributed by atoms with E-state index in [0.29, 0.717) is 17.5 Å². The van der Waals surface area contributed by atoms with Gasteiger partial charge in [0.1, 0.15) is 0 Å². The molecule has 0 amide bonds. The van der Waals surface area contributed by atoms with E-state index < -0.39 is 0 Å². The Labute approximate surface area is 209 Å². The number of anilines is 4. The van der Waals surface area contributed by atoms with Crippen molar-refractivity contribution >= 4 is 22.7 Å². The third kappa shape index (κ3) is 4.01. The molecule has 0 spiro atoms. The first-order valence-corrected chi connectivity index (χ1v) is 13.0. The van der Waals surface area contributed by atoms with E-state index in [1.165, 1.54) is 48.4 Å². The maximum absolute atomic E-state index is 2.61. The van der Waals surface area contributed by atoms with Gasteiger partial charge in [0, 0.05) is 34.8 Å². The van der Waals surface area contributed by atoms with Crippen LogP contribution >= 0.6 is 0 Å². The van der Waals surface area contributed by atoms with E-state index in [2.05, 4.69) is 138 Å². The minimum atomic E-state index is 0.321. The molecule has 0 saturated heterocycles. The van der Waals surface area contributed by atoms with Gasteiger partial charge in [-0.15, -0.1) is 0 Å². The molecule has 0 bridgehead atoms. The summed E-state index contributed by atoms with van der Waals surface area (Å²) in [6, 6.07) is 44.9. The lowest BCUT2D eigenvalue weighted by molar-refractivity contribution is -0.0280. The molecule has 2 aliphatic carbocycles. The molecule has 0 heterocycles. The zero-order valence-corrected chi connectivity index (χ0v) is 20.5. The van der Waals surface area contributed by atoms with E-state index in [0.717, 1.165) is 5.92 Å². The Balaban J connectivity index is 1.28. The Kier molecular flexibility index (Phi) is 5.82. The van der Waals surface area contributed by atoms with Gasteiger partial charge in [0.05, 0.1) is 0 Å². The lowest BCUT2D eigenvalue weighted by Gasteiger charge is -2.62. The van der Waals surface area contributed by atoms with Crippen LogP contribution in [0.15, 0.2) is 121 Å². The molecule has 4 aromatic rings. The minimum absolute atomic E-state index is 0.321. The number of para-hydroxylation sites is 4. The van der Waals surface area contributed by atoms with Crippen molar-refractivity contribution in [2.24, 2.45) is 11.3 Å². The van der Waals surface area contributed by atoms with Crippen molar-refractivity contribution in [3.63, 3.8) is 0 Å². The van der Waals surface area contributed by atoms with Crippen LogP contribution in [0, 0.1) is 11.3 Å². The predicted octanol–water partition coefficient (Wildman–Crippen LogP) is 8.61. The first-order chi connectivity index (χ1) is 17.2. The largest absolute Gasteiger partial charge is 0.338 e. The Morgan fingerprint density at radius 2 is 0.943 bits per heavy atom. The standard InChI is InChI=1S/C33H34N2/c1-33-23-22-31(34(27-14-6-2-7-15-27)28-16-8-3-9-17-28)24-26(33)25-32(33)35(29-18-10-4-11-19-29)30-20-12-5-13-21-30/h2-21,26,31-32H,22-25H2,1H3. The molecule has 176 valence electrons. The van der Waals surface area contributed by atoms with Gasteiger partial charge in [-0.2, -0.15) is 0 Å². The Hall–Kier alpha value is -3.52. The van der Waals surface area contributed by atoms with Gasteiger partial charge in [-0.05, 0) is 85.5 Å². The van der Waals surface area contributed by atoms with Gasteiger partial charge in [-0.1, -0.05) is 79.7 Å². The second kappa shape index (κ2) is 9.26. The number of hydrogen-bond acceptors (Lipinski definition) is 2. The molecular formula is C33H34N2. The molecule has 4 aromatic carbocycles. The van der Waals surface area contributed by atoms with E-state index in [4.69, 9.17) is 0 Å². The zero-order valence-electron chi connectivity index (χ0n) is 20.5. The SMILES string of the molecule is CC12CCC(N(c3ccccc3)c3ccccc3)CC1CC2N(c1ccccc1)c1ccccc1. The molecule has 4 atom stereocenters. The topological polar surface area (TPSA) is 6.48 Å². The third-order valence-corrected chi connectivity index (χ3v) is 8.59. The number of fused-ring (bicyclic) bond motifs is 1. The first kappa shape index (κ1) is 22.0. The fraction of sp³-hybridized carbons (Fsp3) is 0.273. The summed E-state index contributed by atoms with van der Waals surface area (Å²) in [7, 11) is 0. The summed E-state index contributed by atoms with van der Waals surface area (Å²) in [4.78, 5) is 5.21. The second-order valence-electron chi connectivity index (χ2n) is 10.5. The maximum Gasteiger partial charge on any atom is 0.0413 e. The van der Waals surface area contributed by atoms with Gasteiger partial charge in [0.25, 0.3) is 0 Å².